The van der Waals surface area contributed by atoms with Gasteiger partial charge in [-0.15, -0.1) is 12.4 Å². The molecule has 2 aromatic rings. The predicted octanol–water partition coefficient (Wildman–Crippen LogP) is 2.53. The van der Waals surface area contributed by atoms with Gasteiger partial charge in [0.05, 0.1) is 6.54 Å². The molecule has 2 amide bonds. The lowest BCUT2D eigenvalue weighted by Crippen LogP contribution is -2.50. The number of hydrogen-bond acceptors (Lipinski definition) is 4. The third kappa shape index (κ3) is 6.03. The highest BCUT2D eigenvalue weighted by molar-refractivity contribution is 5.94. The van der Waals surface area contributed by atoms with Gasteiger partial charge in [0, 0.05) is 44.0 Å². The van der Waals surface area contributed by atoms with Crippen LogP contribution in [0.5, 0.6) is 0 Å². The second kappa shape index (κ2) is 11.0. The minimum absolute atomic E-state index is 0. The van der Waals surface area contributed by atoms with Crippen LogP contribution in [-0.2, 0) is 17.8 Å². The van der Waals surface area contributed by atoms with Crippen molar-refractivity contribution < 1.29 is 9.59 Å². The highest BCUT2D eigenvalue weighted by atomic mass is 35.5. The Morgan fingerprint density at radius 1 is 1.00 bits per heavy atom. The van der Waals surface area contributed by atoms with Crippen LogP contribution in [0.3, 0.4) is 0 Å². The van der Waals surface area contributed by atoms with Crippen LogP contribution in [0.1, 0.15) is 28.4 Å². The molecule has 0 bridgehead atoms. The van der Waals surface area contributed by atoms with Gasteiger partial charge in [-0.3, -0.25) is 14.5 Å². The molecule has 1 fully saturated rings. The molecule has 156 valence electrons. The molecular formula is C22H29ClN4O2. The average molecular weight is 417 g/mol. The first-order valence-electron chi connectivity index (χ1n) is 9.79. The maximum absolute atomic E-state index is 12.6. The molecular weight excluding hydrogens is 388 g/mol. The Kier molecular flexibility index (Phi) is 8.64. The van der Waals surface area contributed by atoms with Crippen molar-refractivity contribution in [3.05, 3.63) is 65.2 Å². The highest BCUT2D eigenvalue weighted by Crippen LogP contribution is 2.16. The average Bonchev–Trinajstić information content (AvgIpc) is 2.74. The van der Waals surface area contributed by atoms with Crippen molar-refractivity contribution in [3.8, 4) is 0 Å². The zero-order valence-corrected chi connectivity index (χ0v) is 17.6. The molecule has 3 N–H and O–H groups in total. The maximum atomic E-state index is 12.6. The number of para-hydroxylation sites is 1. The molecule has 1 aliphatic heterocycles. The van der Waals surface area contributed by atoms with E-state index in [2.05, 4.69) is 17.1 Å². The van der Waals surface area contributed by atoms with Crippen LogP contribution in [0.25, 0.3) is 0 Å². The van der Waals surface area contributed by atoms with E-state index in [1.807, 2.05) is 53.4 Å². The van der Waals surface area contributed by atoms with E-state index in [-0.39, 0.29) is 24.2 Å². The Labute approximate surface area is 178 Å². The molecule has 1 saturated heterocycles. The molecule has 1 heterocycles. The van der Waals surface area contributed by atoms with Crippen LogP contribution in [0.15, 0.2) is 48.5 Å². The van der Waals surface area contributed by atoms with E-state index >= 15 is 0 Å². The number of hydrogen-bond donors (Lipinski definition) is 2. The third-order valence-corrected chi connectivity index (χ3v) is 5.14. The molecule has 0 unspecified atom stereocenters. The van der Waals surface area contributed by atoms with Gasteiger partial charge in [0.15, 0.2) is 0 Å². The molecule has 2 aromatic carbocycles. The van der Waals surface area contributed by atoms with Crippen LogP contribution < -0.4 is 11.1 Å². The Morgan fingerprint density at radius 3 is 2.28 bits per heavy atom. The van der Waals surface area contributed by atoms with Gasteiger partial charge >= 0.3 is 0 Å². The van der Waals surface area contributed by atoms with Crippen molar-refractivity contribution in [1.82, 2.24) is 9.80 Å². The van der Waals surface area contributed by atoms with Crippen molar-refractivity contribution in [2.24, 2.45) is 5.73 Å². The monoisotopic (exact) mass is 416 g/mol. The summed E-state index contributed by atoms with van der Waals surface area (Å²) in [7, 11) is 0. The largest absolute Gasteiger partial charge is 0.336 e. The summed E-state index contributed by atoms with van der Waals surface area (Å²) in [5.74, 6) is 0.0163. The SMILES string of the molecule is CCc1ccccc1NC(=O)CN1CCN(C(=O)c2ccc(CN)cc2)CC1.Cl. The van der Waals surface area contributed by atoms with Gasteiger partial charge in [-0.1, -0.05) is 37.3 Å². The number of nitrogens with two attached hydrogens (primary N) is 1. The van der Waals surface area contributed by atoms with Crippen molar-refractivity contribution in [3.63, 3.8) is 0 Å². The molecule has 0 aliphatic carbocycles. The highest BCUT2D eigenvalue weighted by Gasteiger charge is 2.23. The molecule has 0 radical (unpaired) electrons. The Bertz CT molecular complexity index is 818. The number of piperazine rings is 1. The van der Waals surface area contributed by atoms with E-state index in [0.29, 0.717) is 44.8 Å². The van der Waals surface area contributed by atoms with Crippen molar-refractivity contribution in [1.29, 1.82) is 0 Å². The number of nitrogens with one attached hydrogen (secondary N) is 1. The Hall–Kier alpha value is -2.41. The molecule has 0 aromatic heterocycles. The molecule has 0 spiro atoms. The van der Waals surface area contributed by atoms with E-state index < -0.39 is 0 Å². The fourth-order valence-corrected chi connectivity index (χ4v) is 3.42. The third-order valence-electron chi connectivity index (χ3n) is 5.14. The van der Waals surface area contributed by atoms with E-state index in [0.717, 1.165) is 23.2 Å². The first-order valence-corrected chi connectivity index (χ1v) is 9.79. The van der Waals surface area contributed by atoms with E-state index in [4.69, 9.17) is 5.73 Å². The number of aryl methyl sites for hydroxylation is 1. The number of amides is 2. The number of anilines is 1. The molecule has 0 atom stereocenters. The number of benzene rings is 2. The number of carbonyl (C=O) groups is 2. The van der Waals surface area contributed by atoms with Crippen LogP contribution >= 0.6 is 12.4 Å². The lowest BCUT2D eigenvalue weighted by atomic mass is 10.1. The van der Waals surface area contributed by atoms with Crippen molar-refractivity contribution in [2.45, 2.75) is 19.9 Å². The number of nitrogens with zero attached hydrogens (tertiary/aromatic N) is 2. The number of halogens is 1. The van der Waals surface area contributed by atoms with Crippen LogP contribution in [0, 0.1) is 0 Å². The zero-order valence-electron chi connectivity index (χ0n) is 16.8. The van der Waals surface area contributed by atoms with Gasteiger partial charge in [0.2, 0.25) is 5.91 Å². The molecule has 1 aliphatic rings. The van der Waals surface area contributed by atoms with Gasteiger partial charge in [0.25, 0.3) is 5.91 Å². The first-order chi connectivity index (χ1) is 13.6. The van der Waals surface area contributed by atoms with Crippen molar-refractivity contribution in [2.75, 3.05) is 38.0 Å². The second-order valence-corrected chi connectivity index (χ2v) is 7.03. The maximum Gasteiger partial charge on any atom is 0.253 e. The Morgan fingerprint density at radius 2 is 1.66 bits per heavy atom. The minimum Gasteiger partial charge on any atom is -0.336 e. The van der Waals surface area contributed by atoms with Gasteiger partial charge in [-0.05, 0) is 35.7 Å². The summed E-state index contributed by atoms with van der Waals surface area (Å²) in [6, 6.07) is 15.3. The topological polar surface area (TPSA) is 78.7 Å². The summed E-state index contributed by atoms with van der Waals surface area (Å²) in [6.45, 7) is 5.51. The summed E-state index contributed by atoms with van der Waals surface area (Å²) in [6.07, 6.45) is 0.878. The summed E-state index contributed by atoms with van der Waals surface area (Å²) in [4.78, 5) is 29.0. The van der Waals surface area contributed by atoms with E-state index in [1.165, 1.54) is 0 Å². The normalized spacial score (nSPS) is 14.2. The van der Waals surface area contributed by atoms with Gasteiger partial charge in [-0.25, -0.2) is 0 Å². The summed E-state index contributed by atoms with van der Waals surface area (Å²) < 4.78 is 0. The van der Waals surface area contributed by atoms with Crippen LogP contribution in [0.2, 0.25) is 0 Å². The molecule has 0 saturated carbocycles. The molecule has 3 rings (SSSR count). The fourth-order valence-electron chi connectivity index (χ4n) is 3.42. The Balaban J connectivity index is 0.00000300. The lowest BCUT2D eigenvalue weighted by molar-refractivity contribution is -0.117. The second-order valence-electron chi connectivity index (χ2n) is 7.03. The van der Waals surface area contributed by atoms with Crippen LogP contribution in [-0.4, -0.2) is 54.3 Å². The summed E-state index contributed by atoms with van der Waals surface area (Å²) >= 11 is 0. The summed E-state index contributed by atoms with van der Waals surface area (Å²) in [5, 5.41) is 3.01. The quantitative estimate of drug-likeness (QED) is 0.758. The molecule has 7 heteroatoms. The molecule has 6 nitrogen and oxygen atoms in total. The molecule has 29 heavy (non-hydrogen) atoms. The lowest BCUT2D eigenvalue weighted by Gasteiger charge is -2.34. The van der Waals surface area contributed by atoms with E-state index in [1.54, 1.807) is 0 Å². The van der Waals surface area contributed by atoms with Crippen molar-refractivity contribution >= 4 is 29.9 Å². The fraction of sp³-hybridized carbons (Fsp3) is 0.364. The van der Waals surface area contributed by atoms with Gasteiger partial charge in [0.1, 0.15) is 0 Å². The van der Waals surface area contributed by atoms with Gasteiger partial charge < -0.3 is 16.0 Å². The standard InChI is InChI=1S/C22H28N4O2.ClH/c1-2-18-5-3-4-6-20(18)24-21(27)16-25-11-13-26(14-12-25)22(28)19-9-7-17(15-23)8-10-19;/h3-10H,2,11-16,23H2,1H3,(H,24,27);1H. The minimum atomic E-state index is -0.0157. The predicted molar refractivity (Wildman–Crippen MR) is 118 cm³/mol. The number of rotatable bonds is 6. The first kappa shape index (κ1) is 22.9. The number of carbonyl (C=O) groups excluding carboxylic acids is 2. The van der Waals surface area contributed by atoms with E-state index in [9.17, 15) is 9.59 Å². The van der Waals surface area contributed by atoms with Gasteiger partial charge in [-0.2, -0.15) is 0 Å². The summed E-state index contributed by atoms with van der Waals surface area (Å²) in [5.41, 5.74) is 9.31. The zero-order chi connectivity index (χ0) is 19.9. The van der Waals surface area contributed by atoms with Crippen LogP contribution in [0.4, 0.5) is 5.69 Å². The smallest absolute Gasteiger partial charge is 0.253 e.